The van der Waals surface area contributed by atoms with Gasteiger partial charge in [-0.2, -0.15) is 4.31 Å². The Hall–Kier alpha value is -2.07. The smallest absolute Gasteiger partial charge is 0.243 e. The van der Waals surface area contributed by atoms with Crippen LogP contribution in [0.15, 0.2) is 35.5 Å². The maximum atomic E-state index is 13.3. The highest BCUT2D eigenvalue weighted by molar-refractivity contribution is 7.89. The molecule has 1 aromatic heterocycles. The number of nitrogens with one attached hydrogen (secondary N) is 1. The van der Waals surface area contributed by atoms with Crippen molar-refractivity contribution in [3.05, 3.63) is 36.2 Å². The highest BCUT2D eigenvalue weighted by atomic mass is 32.2. The monoisotopic (exact) mass is 418 g/mol. The van der Waals surface area contributed by atoms with Crippen molar-refractivity contribution in [2.75, 3.05) is 45.9 Å². The van der Waals surface area contributed by atoms with E-state index in [9.17, 15) is 13.2 Å². The van der Waals surface area contributed by atoms with Gasteiger partial charge in [0.2, 0.25) is 15.9 Å². The Labute approximate surface area is 170 Å². The van der Waals surface area contributed by atoms with Crippen LogP contribution in [0.3, 0.4) is 0 Å². The van der Waals surface area contributed by atoms with E-state index in [0.717, 1.165) is 24.0 Å². The summed E-state index contributed by atoms with van der Waals surface area (Å²) in [5.74, 6) is -0.0665. The highest BCUT2D eigenvalue weighted by Gasteiger charge is 2.34. The van der Waals surface area contributed by atoms with Crippen LogP contribution < -0.4 is 5.32 Å². The Morgan fingerprint density at radius 2 is 2.03 bits per heavy atom. The van der Waals surface area contributed by atoms with E-state index in [2.05, 4.69) is 15.2 Å². The molecule has 1 amide bonds. The summed E-state index contributed by atoms with van der Waals surface area (Å²) in [4.78, 5) is 18.9. The number of carbonyl (C=O) groups is 1. The number of benzene rings is 1. The quantitative estimate of drug-likeness (QED) is 0.771. The number of aromatic nitrogens is 1. The second-order valence-corrected chi connectivity index (χ2v) is 9.52. The largest absolute Gasteiger partial charge is 0.379 e. The Balaban J connectivity index is 1.45. The summed E-state index contributed by atoms with van der Waals surface area (Å²) in [6, 6.07) is 5.09. The molecule has 2 fully saturated rings. The van der Waals surface area contributed by atoms with Crippen LogP contribution in [0.2, 0.25) is 0 Å². The van der Waals surface area contributed by atoms with E-state index in [-0.39, 0.29) is 18.5 Å². The minimum absolute atomic E-state index is 0.0665. The van der Waals surface area contributed by atoms with Crippen molar-refractivity contribution in [3.8, 4) is 0 Å². The lowest BCUT2D eigenvalue weighted by atomic mass is 10.1. The molecule has 29 heavy (non-hydrogen) atoms. The molecule has 0 bridgehead atoms. The minimum atomic E-state index is -3.66. The van der Waals surface area contributed by atoms with Crippen molar-refractivity contribution in [2.24, 2.45) is 0 Å². The van der Waals surface area contributed by atoms with Crippen LogP contribution in [0.5, 0.6) is 0 Å². The normalized spacial score (nSPS) is 21.5. The minimum Gasteiger partial charge on any atom is -0.379 e. The van der Waals surface area contributed by atoms with Crippen LogP contribution >= 0.6 is 0 Å². The molecule has 2 aromatic rings. The van der Waals surface area contributed by atoms with Gasteiger partial charge in [-0.3, -0.25) is 14.7 Å². The molecule has 2 aliphatic heterocycles. The predicted molar refractivity (Wildman–Crippen MR) is 109 cm³/mol. The third-order valence-electron chi connectivity index (χ3n) is 5.54. The fourth-order valence-corrected chi connectivity index (χ4v) is 5.81. The molecule has 2 saturated heterocycles. The summed E-state index contributed by atoms with van der Waals surface area (Å²) in [7, 11) is -3.66. The van der Waals surface area contributed by atoms with E-state index in [4.69, 9.17) is 4.74 Å². The fourth-order valence-electron chi connectivity index (χ4n) is 4.03. The zero-order chi connectivity index (χ0) is 20.4. The zero-order valence-corrected chi connectivity index (χ0v) is 17.3. The van der Waals surface area contributed by atoms with E-state index in [1.54, 1.807) is 24.5 Å². The zero-order valence-electron chi connectivity index (χ0n) is 16.5. The van der Waals surface area contributed by atoms with Crippen LogP contribution in [0.25, 0.3) is 10.8 Å². The average molecular weight is 419 g/mol. The summed E-state index contributed by atoms with van der Waals surface area (Å²) in [5.41, 5.74) is 0.830. The lowest BCUT2D eigenvalue weighted by Gasteiger charge is -2.26. The number of rotatable bonds is 5. The molecule has 1 N–H and O–H groups in total. The molecule has 0 unspecified atom stereocenters. The lowest BCUT2D eigenvalue weighted by Crippen LogP contribution is -2.46. The predicted octanol–water partition coefficient (Wildman–Crippen LogP) is 0.755. The third-order valence-corrected chi connectivity index (χ3v) is 7.45. The molecular weight excluding hydrogens is 392 g/mol. The number of fused-ring (bicyclic) bond motifs is 1. The number of amides is 1. The van der Waals surface area contributed by atoms with Gasteiger partial charge in [0.05, 0.1) is 24.7 Å². The van der Waals surface area contributed by atoms with Gasteiger partial charge in [-0.25, -0.2) is 8.42 Å². The number of morpholine rings is 1. The molecule has 0 saturated carbocycles. The van der Waals surface area contributed by atoms with E-state index < -0.39 is 10.0 Å². The SMILES string of the molecule is Cc1cncc2cccc(S(=O)(=O)N3CC[C@@H](NC(=O)CN4CCOCC4)C3)c12. The maximum absolute atomic E-state index is 13.3. The van der Waals surface area contributed by atoms with Crippen molar-refractivity contribution < 1.29 is 17.9 Å². The summed E-state index contributed by atoms with van der Waals surface area (Å²) in [5, 5.41) is 4.51. The van der Waals surface area contributed by atoms with Gasteiger partial charge in [-0.1, -0.05) is 12.1 Å². The number of sulfonamides is 1. The van der Waals surface area contributed by atoms with Crippen molar-refractivity contribution in [2.45, 2.75) is 24.3 Å². The Bertz CT molecular complexity index is 999. The van der Waals surface area contributed by atoms with Gasteiger partial charge < -0.3 is 10.1 Å². The number of aryl methyl sites for hydroxylation is 1. The van der Waals surface area contributed by atoms with Gasteiger partial charge in [0.1, 0.15) is 0 Å². The van der Waals surface area contributed by atoms with Gasteiger partial charge in [-0.05, 0) is 25.0 Å². The van der Waals surface area contributed by atoms with Crippen LogP contribution in [-0.4, -0.2) is 80.5 Å². The molecular formula is C20H26N4O4S. The van der Waals surface area contributed by atoms with E-state index >= 15 is 0 Å². The van der Waals surface area contributed by atoms with Crippen LogP contribution in [0.4, 0.5) is 0 Å². The molecule has 9 heteroatoms. The van der Waals surface area contributed by atoms with Crippen LogP contribution in [0, 0.1) is 6.92 Å². The van der Waals surface area contributed by atoms with Crippen molar-refractivity contribution >= 4 is 26.7 Å². The van der Waals surface area contributed by atoms with Gasteiger partial charge in [0, 0.05) is 55.4 Å². The number of pyridine rings is 1. The summed E-state index contributed by atoms with van der Waals surface area (Å²) < 4.78 is 33.4. The first-order valence-electron chi connectivity index (χ1n) is 9.88. The van der Waals surface area contributed by atoms with Gasteiger partial charge in [0.25, 0.3) is 0 Å². The second kappa shape index (κ2) is 8.35. The van der Waals surface area contributed by atoms with Gasteiger partial charge >= 0.3 is 0 Å². The summed E-state index contributed by atoms with van der Waals surface area (Å²) in [6.45, 7) is 5.64. The lowest BCUT2D eigenvalue weighted by molar-refractivity contribution is -0.123. The van der Waals surface area contributed by atoms with E-state index in [1.165, 1.54) is 4.31 Å². The molecule has 1 atom stereocenters. The molecule has 1 aromatic carbocycles. The van der Waals surface area contributed by atoms with Gasteiger partial charge in [-0.15, -0.1) is 0 Å². The molecule has 2 aliphatic rings. The number of ether oxygens (including phenoxy) is 1. The second-order valence-electron chi connectivity index (χ2n) is 7.62. The Morgan fingerprint density at radius 3 is 2.83 bits per heavy atom. The highest BCUT2D eigenvalue weighted by Crippen LogP contribution is 2.29. The van der Waals surface area contributed by atoms with Crippen LogP contribution in [0.1, 0.15) is 12.0 Å². The van der Waals surface area contributed by atoms with E-state index in [1.807, 2.05) is 13.0 Å². The Kier molecular flexibility index (Phi) is 5.82. The summed E-state index contributed by atoms with van der Waals surface area (Å²) in [6.07, 6.45) is 3.97. The third kappa shape index (κ3) is 4.28. The molecule has 0 spiro atoms. The number of nitrogens with zero attached hydrogens (tertiary/aromatic N) is 3. The molecule has 3 heterocycles. The number of hydrogen-bond acceptors (Lipinski definition) is 6. The average Bonchev–Trinajstić information content (AvgIpc) is 3.18. The topological polar surface area (TPSA) is 91.8 Å². The molecule has 156 valence electrons. The number of carbonyl (C=O) groups excluding carboxylic acids is 1. The molecule has 0 aliphatic carbocycles. The van der Waals surface area contributed by atoms with E-state index in [0.29, 0.717) is 43.0 Å². The van der Waals surface area contributed by atoms with Gasteiger partial charge in [0.15, 0.2) is 0 Å². The maximum Gasteiger partial charge on any atom is 0.243 e. The van der Waals surface area contributed by atoms with Crippen molar-refractivity contribution in [1.82, 2.24) is 19.5 Å². The standard InChI is InChI=1S/C20H26N4O4S/c1-15-11-21-12-16-3-2-4-18(20(15)16)29(26,27)24-6-5-17(13-24)22-19(25)14-23-7-9-28-10-8-23/h2-4,11-12,17H,5-10,13-14H2,1H3,(H,22,25)/t17-/m1/s1. The first-order chi connectivity index (χ1) is 13.9. The first kappa shape index (κ1) is 20.2. The first-order valence-corrected chi connectivity index (χ1v) is 11.3. The fraction of sp³-hybridized carbons (Fsp3) is 0.500. The van der Waals surface area contributed by atoms with Crippen LogP contribution in [-0.2, 0) is 19.6 Å². The molecule has 4 rings (SSSR count). The molecule has 0 radical (unpaired) electrons. The number of hydrogen-bond donors (Lipinski definition) is 1. The summed E-state index contributed by atoms with van der Waals surface area (Å²) >= 11 is 0. The van der Waals surface area contributed by atoms with Crippen molar-refractivity contribution in [3.63, 3.8) is 0 Å². The van der Waals surface area contributed by atoms with Crippen molar-refractivity contribution in [1.29, 1.82) is 0 Å². The Morgan fingerprint density at radius 1 is 1.24 bits per heavy atom. The molecule has 8 nitrogen and oxygen atoms in total.